The van der Waals surface area contributed by atoms with E-state index in [1.807, 2.05) is 0 Å². The number of nitrogens with one attached hydrogen (secondary N) is 1. The maximum atomic E-state index is 13.1. The van der Waals surface area contributed by atoms with E-state index in [1.165, 1.54) is 25.0 Å². The minimum atomic E-state index is -0.265. The van der Waals surface area contributed by atoms with Crippen molar-refractivity contribution in [2.75, 3.05) is 6.61 Å². The molecule has 1 aromatic rings. The van der Waals surface area contributed by atoms with E-state index in [0.717, 1.165) is 18.4 Å². The van der Waals surface area contributed by atoms with Crippen molar-refractivity contribution in [3.05, 3.63) is 34.6 Å². The van der Waals surface area contributed by atoms with E-state index in [9.17, 15) is 9.50 Å². The second kappa shape index (κ2) is 6.50. The molecule has 1 fully saturated rings. The number of rotatable bonds is 4. The van der Waals surface area contributed by atoms with Crippen LogP contribution >= 0.6 is 11.6 Å². The minimum absolute atomic E-state index is 0.217. The summed E-state index contributed by atoms with van der Waals surface area (Å²) in [5.74, 6) is 0.0460. The predicted octanol–water partition coefficient (Wildman–Crippen LogP) is 3.12. The molecule has 2 atom stereocenters. The van der Waals surface area contributed by atoms with Crippen molar-refractivity contribution in [1.29, 1.82) is 0 Å². The Morgan fingerprint density at radius 1 is 1.33 bits per heavy atom. The lowest BCUT2D eigenvalue weighted by molar-refractivity contribution is 0.152. The lowest BCUT2D eigenvalue weighted by Gasteiger charge is -2.31. The van der Waals surface area contributed by atoms with Gasteiger partial charge in [0.15, 0.2) is 0 Å². The number of aliphatic hydroxyl groups excluding tert-OH is 1. The van der Waals surface area contributed by atoms with Gasteiger partial charge in [-0.05, 0) is 42.5 Å². The van der Waals surface area contributed by atoms with E-state index in [0.29, 0.717) is 23.5 Å². The molecule has 0 aliphatic heterocycles. The SMILES string of the molecule is OCC1CCCCC1NCc1cc(F)ccc1Cl. The van der Waals surface area contributed by atoms with Crippen molar-refractivity contribution in [1.82, 2.24) is 5.32 Å². The minimum Gasteiger partial charge on any atom is -0.396 e. The summed E-state index contributed by atoms with van der Waals surface area (Å²) in [7, 11) is 0. The summed E-state index contributed by atoms with van der Waals surface area (Å²) in [4.78, 5) is 0. The maximum Gasteiger partial charge on any atom is 0.123 e. The zero-order chi connectivity index (χ0) is 13.0. The van der Waals surface area contributed by atoms with Gasteiger partial charge in [0.2, 0.25) is 0 Å². The molecule has 0 bridgehead atoms. The second-order valence-electron chi connectivity index (χ2n) is 4.95. The standard InChI is InChI=1S/C14H19ClFNO/c15-13-6-5-12(16)7-11(13)8-17-14-4-2-1-3-10(14)9-18/h5-7,10,14,17-18H,1-4,8-9H2. The Bertz CT molecular complexity index is 399. The molecule has 1 aliphatic carbocycles. The molecule has 1 aliphatic rings. The van der Waals surface area contributed by atoms with Gasteiger partial charge in [0, 0.05) is 24.2 Å². The van der Waals surface area contributed by atoms with Gasteiger partial charge in [-0.2, -0.15) is 0 Å². The Labute approximate surface area is 112 Å². The zero-order valence-corrected chi connectivity index (χ0v) is 11.1. The molecule has 0 amide bonds. The summed E-state index contributed by atoms with van der Waals surface area (Å²) in [6, 6.07) is 4.72. The quantitative estimate of drug-likeness (QED) is 0.882. The molecular weight excluding hydrogens is 253 g/mol. The maximum absolute atomic E-state index is 13.1. The molecule has 4 heteroatoms. The van der Waals surface area contributed by atoms with Gasteiger partial charge < -0.3 is 10.4 Å². The van der Waals surface area contributed by atoms with Gasteiger partial charge in [-0.15, -0.1) is 0 Å². The van der Waals surface area contributed by atoms with Crippen molar-refractivity contribution in [2.45, 2.75) is 38.3 Å². The molecule has 100 valence electrons. The smallest absolute Gasteiger partial charge is 0.123 e. The Morgan fingerprint density at radius 2 is 2.11 bits per heavy atom. The van der Waals surface area contributed by atoms with Crippen LogP contribution in [0.1, 0.15) is 31.2 Å². The summed E-state index contributed by atoms with van der Waals surface area (Å²) in [6.07, 6.45) is 4.50. The van der Waals surface area contributed by atoms with Gasteiger partial charge >= 0.3 is 0 Å². The van der Waals surface area contributed by atoms with Crippen LogP contribution in [-0.4, -0.2) is 17.8 Å². The number of benzene rings is 1. The predicted molar refractivity (Wildman–Crippen MR) is 71.1 cm³/mol. The molecule has 18 heavy (non-hydrogen) atoms. The van der Waals surface area contributed by atoms with Gasteiger partial charge in [0.25, 0.3) is 0 Å². The number of halogens is 2. The van der Waals surface area contributed by atoms with Crippen molar-refractivity contribution in [3.8, 4) is 0 Å². The molecule has 2 unspecified atom stereocenters. The van der Waals surface area contributed by atoms with Crippen LogP contribution in [0.4, 0.5) is 4.39 Å². The zero-order valence-electron chi connectivity index (χ0n) is 10.3. The first kappa shape index (κ1) is 13.8. The van der Waals surface area contributed by atoms with Crippen LogP contribution in [0.15, 0.2) is 18.2 Å². The number of hydrogen-bond donors (Lipinski definition) is 2. The normalized spacial score (nSPS) is 24.2. The van der Waals surface area contributed by atoms with Crippen LogP contribution in [-0.2, 0) is 6.54 Å². The molecule has 0 radical (unpaired) electrons. The largest absolute Gasteiger partial charge is 0.396 e. The molecule has 2 N–H and O–H groups in total. The van der Waals surface area contributed by atoms with Crippen molar-refractivity contribution >= 4 is 11.6 Å². The third-order valence-corrected chi connectivity index (χ3v) is 4.07. The molecular formula is C14H19ClFNO. The molecule has 0 saturated heterocycles. The Morgan fingerprint density at radius 3 is 2.89 bits per heavy atom. The molecule has 1 saturated carbocycles. The molecule has 0 aromatic heterocycles. The summed E-state index contributed by atoms with van der Waals surface area (Å²) in [5.41, 5.74) is 0.777. The summed E-state index contributed by atoms with van der Waals surface area (Å²) in [6.45, 7) is 0.770. The van der Waals surface area contributed by atoms with Crippen molar-refractivity contribution in [2.24, 2.45) is 5.92 Å². The lowest BCUT2D eigenvalue weighted by Crippen LogP contribution is -2.39. The fraction of sp³-hybridized carbons (Fsp3) is 0.571. The Kier molecular flexibility index (Phi) is 4.98. The van der Waals surface area contributed by atoms with E-state index < -0.39 is 0 Å². The van der Waals surface area contributed by atoms with Crippen LogP contribution < -0.4 is 5.32 Å². The lowest BCUT2D eigenvalue weighted by atomic mass is 9.85. The topological polar surface area (TPSA) is 32.3 Å². The van der Waals surface area contributed by atoms with Crippen LogP contribution in [0.3, 0.4) is 0 Å². The highest BCUT2D eigenvalue weighted by Gasteiger charge is 2.23. The summed E-state index contributed by atoms with van der Waals surface area (Å²) in [5, 5.41) is 13.3. The van der Waals surface area contributed by atoms with Gasteiger partial charge in [0.1, 0.15) is 5.82 Å². The van der Waals surface area contributed by atoms with E-state index >= 15 is 0 Å². The fourth-order valence-corrected chi connectivity index (χ4v) is 2.80. The van der Waals surface area contributed by atoms with Gasteiger partial charge in [0.05, 0.1) is 0 Å². The number of hydrogen-bond acceptors (Lipinski definition) is 2. The number of aliphatic hydroxyl groups is 1. The highest BCUT2D eigenvalue weighted by molar-refractivity contribution is 6.31. The Balaban J connectivity index is 1.95. The van der Waals surface area contributed by atoms with Crippen LogP contribution in [0, 0.1) is 11.7 Å². The van der Waals surface area contributed by atoms with Gasteiger partial charge in [-0.25, -0.2) is 4.39 Å². The van der Waals surface area contributed by atoms with Gasteiger partial charge in [-0.3, -0.25) is 0 Å². The van der Waals surface area contributed by atoms with Crippen LogP contribution in [0.5, 0.6) is 0 Å². The van der Waals surface area contributed by atoms with Gasteiger partial charge in [-0.1, -0.05) is 24.4 Å². The average molecular weight is 272 g/mol. The molecule has 0 spiro atoms. The first-order valence-electron chi connectivity index (χ1n) is 6.49. The fourth-order valence-electron chi connectivity index (χ4n) is 2.61. The Hall–Kier alpha value is -0.640. The van der Waals surface area contributed by atoms with Crippen molar-refractivity contribution in [3.63, 3.8) is 0 Å². The highest BCUT2D eigenvalue weighted by Crippen LogP contribution is 2.25. The van der Waals surface area contributed by atoms with E-state index in [1.54, 1.807) is 6.07 Å². The van der Waals surface area contributed by atoms with E-state index in [-0.39, 0.29) is 12.4 Å². The molecule has 2 nitrogen and oxygen atoms in total. The monoisotopic (exact) mass is 271 g/mol. The third-order valence-electron chi connectivity index (χ3n) is 3.71. The summed E-state index contributed by atoms with van der Waals surface area (Å²) >= 11 is 6.03. The average Bonchev–Trinajstić information content (AvgIpc) is 2.40. The molecule has 0 heterocycles. The van der Waals surface area contributed by atoms with Crippen LogP contribution in [0.25, 0.3) is 0 Å². The highest BCUT2D eigenvalue weighted by atomic mass is 35.5. The summed E-state index contributed by atoms with van der Waals surface area (Å²) < 4.78 is 13.1. The third kappa shape index (κ3) is 3.44. The first-order valence-corrected chi connectivity index (χ1v) is 6.86. The van der Waals surface area contributed by atoms with E-state index in [2.05, 4.69) is 5.32 Å². The second-order valence-corrected chi connectivity index (χ2v) is 5.36. The first-order chi connectivity index (χ1) is 8.70. The molecule has 1 aromatic carbocycles. The molecule has 2 rings (SSSR count). The van der Waals surface area contributed by atoms with Crippen LogP contribution in [0.2, 0.25) is 5.02 Å². The van der Waals surface area contributed by atoms with Crippen molar-refractivity contribution < 1.29 is 9.50 Å². The van der Waals surface area contributed by atoms with E-state index in [4.69, 9.17) is 11.6 Å².